The Morgan fingerprint density at radius 1 is 1.18 bits per heavy atom. The van der Waals surface area contributed by atoms with Crippen molar-refractivity contribution in [2.75, 3.05) is 13.7 Å². The fourth-order valence-corrected chi connectivity index (χ4v) is 4.93. The number of methoxy groups -OCH3 is 1. The van der Waals surface area contributed by atoms with Crippen molar-refractivity contribution in [3.63, 3.8) is 0 Å². The van der Waals surface area contributed by atoms with Gasteiger partial charge < -0.3 is 24.6 Å². The van der Waals surface area contributed by atoms with Crippen LogP contribution in [0.3, 0.4) is 0 Å². The Balaban J connectivity index is 1.62. The molecule has 2 N–H and O–H groups in total. The Morgan fingerprint density at radius 3 is 2.41 bits per heavy atom. The average Bonchev–Trinajstić information content (AvgIpc) is 3.26. The Kier molecular flexibility index (Phi) is 8.72. The lowest BCUT2D eigenvalue weighted by Gasteiger charge is -2.27. The van der Waals surface area contributed by atoms with E-state index in [0.29, 0.717) is 24.3 Å². The van der Waals surface area contributed by atoms with E-state index in [1.807, 2.05) is 24.3 Å². The number of likely N-dealkylation sites (tertiary alicyclic amines) is 1. The number of hydrogen-bond acceptors (Lipinski definition) is 8. The van der Waals surface area contributed by atoms with Gasteiger partial charge in [-0.05, 0) is 41.8 Å². The number of aliphatic hydroxyl groups is 1. The summed E-state index contributed by atoms with van der Waals surface area (Å²) in [4.78, 5) is 35.6. The minimum absolute atomic E-state index is 0.0116. The molecule has 0 aromatic heterocycles. The van der Waals surface area contributed by atoms with Crippen molar-refractivity contribution in [3.8, 4) is 5.75 Å². The molecule has 2 aromatic rings. The van der Waals surface area contributed by atoms with Gasteiger partial charge in [0.25, 0.3) is 5.69 Å². The van der Waals surface area contributed by atoms with Crippen LogP contribution < -0.4 is 4.74 Å². The zero-order chi connectivity index (χ0) is 24.7. The molecule has 0 unspecified atom stereocenters. The van der Waals surface area contributed by atoms with Gasteiger partial charge in [-0.2, -0.15) is 11.8 Å². The number of nitro groups is 1. The number of carbonyl (C=O) groups is 2. The Morgan fingerprint density at radius 2 is 1.82 bits per heavy atom. The number of thioether (sulfide) groups is 1. The Labute approximate surface area is 200 Å². The molecule has 0 aliphatic carbocycles. The summed E-state index contributed by atoms with van der Waals surface area (Å²) >= 11 is 1.62. The Bertz CT molecular complexity index is 999. The number of aliphatic carboxylic acids is 1. The van der Waals surface area contributed by atoms with Gasteiger partial charge in [0.15, 0.2) is 0 Å². The van der Waals surface area contributed by atoms with E-state index in [1.165, 1.54) is 29.2 Å². The third kappa shape index (κ3) is 6.84. The second kappa shape index (κ2) is 11.7. The fraction of sp³-hybridized carbons (Fsp3) is 0.391. The molecule has 1 saturated heterocycles. The van der Waals surface area contributed by atoms with Crippen LogP contribution in [0.4, 0.5) is 10.5 Å². The molecule has 0 saturated carbocycles. The van der Waals surface area contributed by atoms with Gasteiger partial charge in [0.05, 0.1) is 30.6 Å². The summed E-state index contributed by atoms with van der Waals surface area (Å²) in [7, 11) is 1.60. The Hall–Kier alpha value is -3.31. The van der Waals surface area contributed by atoms with Crippen LogP contribution in [-0.4, -0.2) is 63.1 Å². The molecule has 1 heterocycles. The van der Waals surface area contributed by atoms with Crippen LogP contribution in [-0.2, 0) is 21.9 Å². The molecular weight excluding hydrogens is 464 g/mol. The number of nitro benzene ring substituents is 1. The van der Waals surface area contributed by atoms with Crippen LogP contribution in [0.1, 0.15) is 24.0 Å². The van der Waals surface area contributed by atoms with Crippen LogP contribution in [0, 0.1) is 10.1 Å². The minimum Gasteiger partial charge on any atom is -0.497 e. The molecule has 10 nitrogen and oxygen atoms in total. The van der Waals surface area contributed by atoms with Crippen LogP contribution >= 0.6 is 11.8 Å². The first kappa shape index (κ1) is 25.3. The van der Waals surface area contributed by atoms with Gasteiger partial charge in [-0.15, -0.1) is 0 Å². The summed E-state index contributed by atoms with van der Waals surface area (Å²) in [6.07, 6.45) is -1.94. The normalized spacial score (nSPS) is 18.4. The van der Waals surface area contributed by atoms with Crippen molar-refractivity contribution >= 4 is 29.5 Å². The zero-order valence-corrected chi connectivity index (χ0v) is 19.3. The number of ether oxygens (including phenoxy) is 2. The lowest BCUT2D eigenvalue weighted by atomic mass is 10.1. The molecule has 3 rings (SSSR count). The smallest absolute Gasteiger partial charge is 0.410 e. The topological polar surface area (TPSA) is 139 Å². The number of aliphatic hydroxyl groups excluding tert-OH is 1. The van der Waals surface area contributed by atoms with Crippen molar-refractivity contribution in [2.24, 2.45) is 0 Å². The summed E-state index contributed by atoms with van der Waals surface area (Å²) in [5.74, 6) is 0.289. The van der Waals surface area contributed by atoms with Gasteiger partial charge in [0.1, 0.15) is 12.4 Å². The highest BCUT2D eigenvalue weighted by molar-refractivity contribution is 7.99. The van der Waals surface area contributed by atoms with Crippen LogP contribution in [0.15, 0.2) is 48.5 Å². The molecule has 1 amide bonds. The highest BCUT2D eigenvalue weighted by atomic mass is 32.2. The quantitative estimate of drug-likeness (QED) is 0.378. The van der Waals surface area contributed by atoms with Gasteiger partial charge >= 0.3 is 12.1 Å². The highest BCUT2D eigenvalue weighted by Crippen LogP contribution is 2.33. The molecule has 34 heavy (non-hydrogen) atoms. The maximum Gasteiger partial charge on any atom is 0.410 e. The highest BCUT2D eigenvalue weighted by Gasteiger charge is 2.41. The number of benzene rings is 2. The zero-order valence-electron chi connectivity index (χ0n) is 18.5. The van der Waals surface area contributed by atoms with Crippen LogP contribution in [0.5, 0.6) is 5.75 Å². The van der Waals surface area contributed by atoms with Crippen molar-refractivity contribution in [3.05, 3.63) is 69.8 Å². The third-order valence-electron chi connectivity index (χ3n) is 5.52. The van der Waals surface area contributed by atoms with Gasteiger partial charge in [-0.3, -0.25) is 14.9 Å². The lowest BCUT2D eigenvalue weighted by molar-refractivity contribution is -0.384. The van der Waals surface area contributed by atoms with Crippen LogP contribution in [0.25, 0.3) is 0 Å². The van der Waals surface area contributed by atoms with E-state index in [-0.39, 0.29) is 17.5 Å². The first-order chi connectivity index (χ1) is 16.3. The summed E-state index contributed by atoms with van der Waals surface area (Å²) in [6.45, 7) is 0.208. The maximum atomic E-state index is 12.8. The maximum absolute atomic E-state index is 12.8. The first-order valence-corrected chi connectivity index (χ1v) is 11.6. The molecule has 2 aromatic carbocycles. The molecule has 11 heteroatoms. The standard InChI is InChI=1S/C23H26N2O8S/c1-32-18-8-4-16(5-9-18)14-34-19-10-20(21(26)11-22(27)28)24(12-19)23(29)33-13-15-2-6-17(7-3-15)25(30)31/h2-9,19-21,26H,10-14H2,1H3,(H,27,28)/t19-,20-,21-/m0/s1. The average molecular weight is 491 g/mol. The van der Waals surface area contributed by atoms with Crippen molar-refractivity contribution in [1.29, 1.82) is 0 Å². The van der Waals surface area contributed by atoms with Gasteiger partial charge in [-0.25, -0.2) is 4.79 Å². The molecule has 1 aliphatic heterocycles. The minimum atomic E-state index is -1.23. The van der Waals surface area contributed by atoms with Crippen molar-refractivity contribution < 1.29 is 34.2 Å². The molecule has 0 spiro atoms. The molecule has 182 valence electrons. The van der Waals surface area contributed by atoms with E-state index >= 15 is 0 Å². The number of non-ortho nitro benzene ring substituents is 1. The second-order valence-corrected chi connectivity index (χ2v) is 9.17. The van der Waals surface area contributed by atoms with E-state index < -0.39 is 35.6 Å². The van der Waals surface area contributed by atoms with Crippen molar-refractivity contribution in [1.82, 2.24) is 4.90 Å². The fourth-order valence-electron chi connectivity index (χ4n) is 3.71. The van der Waals surface area contributed by atoms with Crippen LogP contribution in [0.2, 0.25) is 0 Å². The summed E-state index contributed by atoms with van der Waals surface area (Å²) in [5.41, 5.74) is 1.59. The number of carboxylic acid groups (broad SMARTS) is 1. The molecule has 0 bridgehead atoms. The van der Waals surface area contributed by atoms with Crippen molar-refractivity contribution in [2.45, 2.75) is 42.6 Å². The van der Waals surface area contributed by atoms with Gasteiger partial charge in [0, 0.05) is 29.7 Å². The van der Waals surface area contributed by atoms with E-state index in [9.17, 15) is 24.8 Å². The van der Waals surface area contributed by atoms with Gasteiger partial charge in [-0.1, -0.05) is 12.1 Å². The van der Waals surface area contributed by atoms with E-state index in [1.54, 1.807) is 18.9 Å². The largest absolute Gasteiger partial charge is 0.497 e. The lowest BCUT2D eigenvalue weighted by Crippen LogP contribution is -2.43. The van der Waals surface area contributed by atoms with E-state index in [4.69, 9.17) is 14.6 Å². The number of nitrogens with zero attached hydrogens (tertiary/aromatic N) is 2. The van der Waals surface area contributed by atoms with E-state index in [2.05, 4.69) is 0 Å². The summed E-state index contributed by atoms with van der Waals surface area (Å²) in [5, 5.41) is 30.3. The molecular formula is C23H26N2O8S. The first-order valence-electron chi connectivity index (χ1n) is 10.6. The number of hydrogen-bond donors (Lipinski definition) is 2. The predicted molar refractivity (Wildman–Crippen MR) is 125 cm³/mol. The summed E-state index contributed by atoms with van der Waals surface area (Å²) in [6, 6.07) is 12.6. The second-order valence-electron chi connectivity index (χ2n) is 7.88. The molecule has 1 aliphatic rings. The monoisotopic (exact) mass is 490 g/mol. The number of carboxylic acids is 1. The number of carbonyl (C=O) groups excluding carboxylic acids is 1. The molecule has 3 atom stereocenters. The number of amides is 1. The van der Waals surface area contributed by atoms with E-state index in [0.717, 1.165) is 11.3 Å². The third-order valence-corrected chi connectivity index (χ3v) is 6.83. The predicted octanol–water partition coefficient (Wildman–Crippen LogP) is 3.45. The molecule has 1 fully saturated rings. The SMILES string of the molecule is COc1ccc(CS[C@H]2C[C@@H]([C@@H](O)CC(=O)O)N(C(=O)OCc3ccc([N+](=O)[O-])cc3)C2)cc1. The van der Waals surface area contributed by atoms with Gasteiger partial charge in [0.2, 0.25) is 0 Å². The number of rotatable bonds is 10. The molecule has 0 radical (unpaired) electrons. The summed E-state index contributed by atoms with van der Waals surface area (Å²) < 4.78 is 10.5.